The average Bonchev–Trinajstić information content (AvgIpc) is 2.88. The SMILES string of the molecule is CNc1ncnc(OCC2CCCC2)c1[N+](=O)[O-]. The van der Waals surface area contributed by atoms with Crippen molar-refractivity contribution in [2.45, 2.75) is 25.7 Å². The first-order valence-electron chi connectivity index (χ1n) is 6.02. The molecule has 1 saturated carbocycles. The van der Waals surface area contributed by atoms with Crippen LogP contribution in [0.5, 0.6) is 5.88 Å². The first-order valence-corrected chi connectivity index (χ1v) is 6.02. The van der Waals surface area contributed by atoms with Crippen molar-refractivity contribution in [3.63, 3.8) is 0 Å². The van der Waals surface area contributed by atoms with Crippen LogP contribution in [0.3, 0.4) is 0 Å². The van der Waals surface area contributed by atoms with Gasteiger partial charge >= 0.3 is 5.69 Å². The number of hydrogen-bond acceptors (Lipinski definition) is 6. The molecule has 0 atom stereocenters. The molecule has 0 saturated heterocycles. The van der Waals surface area contributed by atoms with Crippen molar-refractivity contribution in [1.29, 1.82) is 0 Å². The Morgan fingerprint density at radius 2 is 2.22 bits per heavy atom. The lowest BCUT2D eigenvalue weighted by molar-refractivity contribution is -0.385. The zero-order chi connectivity index (χ0) is 13.0. The second kappa shape index (κ2) is 5.61. The third kappa shape index (κ3) is 2.66. The van der Waals surface area contributed by atoms with Gasteiger partial charge in [-0.1, -0.05) is 12.8 Å². The molecule has 1 aromatic rings. The van der Waals surface area contributed by atoms with E-state index in [9.17, 15) is 10.1 Å². The number of aromatic nitrogens is 2. The van der Waals surface area contributed by atoms with Crippen molar-refractivity contribution >= 4 is 11.5 Å². The predicted octanol–water partition coefficient (Wildman–Crippen LogP) is 2.00. The van der Waals surface area contributed by atoms with Crippen LogP contribution in [-0.4, -0.2) is 28.5 Å². The zero-order valence-electron chi connectivity index (χ0n) is 10.3. The minimum absolute atomic E-state index is 0.0475. The molecule has 0 aromatic carbocycles. The van der Waals surface area contributed by atoms with Crippen LogP contribution in [0.25, 0.3) is 0 Å². The quantitative estimate of drug-likeness (QED) is 0.636. The van der Waals surface area contributed by atoms with Crippen LogP contribution in [0.1, 0.15) is 25.7 Å². The molecule has 0 unspecified atom stereocenters. The van der Waals surface area contributed by atoms with Crippen molar-refractivity contribution in [2.75, 3.05) is 19.0 Å². The molecule has 1 fully saturated rings. The van der Waals surface area contributed by atoms with Crippen LogP contribution in [0, 0.1) is 16.0 Å². The molecule has 1 N–H and O–H groups in total. The highest BCUT2D eigenvalue weighted by Gasteiger charge is 2.25. The summed E-state index contributed by atoms with van der Waals surface area (Å²) in [6, 6.07) is 0. The molecule has 0 spiro atoms. The van der Waals surface area contributed by atoms with Gasteiger partial charge in [0.25, 0.3) is 5.88 Å². The molecule has 18 heavy (non-hydrogen) atoms. The Kier molecular flexibility index (Phi) is 3.91. The Bertz CT molecular complexity index is 432. The number of ether oxygens (including phenoxy) is 1. The summed E-state index contributed by atoms with van der Waals surface area (Å²) in [6.07, 6.45) is 5.93. The number of rotatable bonds is 5. The minimum Gasteiger partial charge on any atom is -0.472 e. The Labute approximate surface area is 105 Å². The van der Waals surface area contributed by atoms with Crippen molar-refractivity contribution in [1.82, 2.24) is 9.97 Å². The zero-order valence-corrected chi connectivity index (χ0v) is 10.3. The van der Waals surface area contributed by atoms with Crippen LogP contribution in [0.15, 0.2) is 6.33 Å². The summed E-state index contributed by atoms with van der Waals surface area (Å²) in [4.78, 5) is 18.2. The first kappa shape index (κ1) is 12.5. The van der Waals surface area contributed by atoms with E-state index in [1.807, 2.05) is 0 Å². The van der Waals surface area contributed by atoms with Crippen molar-refractivity contribution < 1.29 is 9.66 Å². The van der Waals surface area contributed by atoms with Crippen LogP contribution in [0.4, 0.5) is 11.5 Å². The molecule has 1 heterocycles. The summed E-state index contributed by atoms with van der Waals surface area (Å²) in [6.45, 7) is 0.487. The maximum absolute atomic E-state index is 11.0. The van der Waals surface area contributed by atoms with Gasteiger partial charge in [0, 0.05) is 7.05 Å². The summed E-state index contributed by atoms with van der Waals surface area (Å²) in [5, 5.41) is 13.7. The molecule has 0 aliphatic heterocycles. The molecule has 0 radical (unpaired) electrons. The Morgan fingerprint density at radius 1 is 1.50 bits per heavy atom. The number of nitro groups is 1. The summed E-state index contributed by atoms with van der Waals surface area (Å²) >= 11 is 0. The lowest BCUT2D eigenvalue weighted by atomic mass is 10.1. The van der Waals surface area contributed by atoms with Gasteiger partial charge in [0.05, 0.1) is 11.5 Å². The van der Waals surface area contributed by atoms with Gasteiger partial charge in [0.15, 0.2) is 0 Å². The van der Waals surface area contributed by atoms with E-state index in [4.69, 9.17) is 4.74 Å². The molecule has 7 nitrogen and oxygen atoms in total. The van der Waals surface area contributed by atoms with Crippen LogP contribution in [-0.2, 0) is 0 Å². The van der Waals surface area contributed by atoms with Crippen molar-refractivity contribution in [3.8, 4) is 5.88 Å². The molecule has 0 amide bonds. The highest BCUT2D eigenvalue weighted by Crippen LogP contribution is 2.32. The average molecular weight is 252 g/mol. The third-order valence-corrected chi connectivity index (χ3v) is 3.14. The van der Waals surface area contributed by atoms with Crippen LogP contribution >= 0.6 is 0 Å². The second-order valence-corrected chi connectivity index (χ2v) is 4.34. The van der Waals surface area contributed by atoms with E-state index in [0.717, 1.165) is 12.8 Å². The molecule has 7 heteroatoms. The molecule has 2 rings (SSSR count). The van der Waals surface area contributed by atoms with Gasteiger partial charge in [0.1, 0.15) is 6.33 Å². The third-order valence-electron chi connectivity index (χ3n) is 3.14. The molecular formula is C11H16N4O3. The van der Waals surface area contributed by atoms with Gasteiger partial charge in [-0.05, 0) is 18.8 Å². The van der Waals surface area contributed by atoms with E-state index in [2.05, 4.69) is 15.3 Å². The van der Waals surface area contributed by atoms with Gasteiger partial charge < -0.3 is 10.1 Å². The van der Waals surface area contributed by atoms with Crippen LogP contribution < -0.4 is 10.1 Å². The maximum Gasteiger partial charge on any atom is 0.372 e. The summed E-state index contributed by atoms with van der Waals surface area (Å²) in [7, 11) is 1.58. The van der Waals surface area contributed by atoms with E-state index in [1.165, 1.54) is 19.2 Å². The summed E-state index contributed by atoms with van der Waals surface area (Å²) in [5.41, 5.74) is -0.196. The van der Waals surface area contributed by atoms with Gasteiger partial charge in [-0.2, -0.15) is 4.98 Å². The molecular weight excluding hydrogens is 236 g/mol. The van der Waals surface area contributed by atoms with Crippen molar-refractivity contribution in [3.05, 3.63) is 16.4 Å². The lowest BCUT2D eigenvalue weighted by Gasteiger charge is -2.11. The predicted molar refractivity (Wildman–Crippen MR) is 65.7 cm³/mol. The second-order valence-electron chi connectivity index (χ2n) is 4.34. The van der Waals surface area contributed by atoms with Crippen LogP contribution in [0.2, 0.25) is 0 Å². The standard InChI is InChI=1S/C11H16N4O3/c1-12-10-9(15(16)17)11(14-7-13-10)18-6-8-4-2-3-5-8/h7-8H,2-6H2,1H3,(H,12,13,14). The normalized spacial score (nSPS) is 15.6. The molecule has 0 bridgehead atoms. The molecule has 1 aromatic heterocycles. The van der Waals surface area contributed by atoms with Gasteiger partial charge in [-0.15, -0.1) is 0 Å². The monoisotopic (exact) mass is 252 g/mol. The van der Waals surface area contributed by atoms with E-state index < -0.39 is 4.92 Å². The smallest absolute Gasteiger partial charge is 0.372 e. The lowest BCUT2D eigenvalue weighted by Crippen LogP contribution is -2.11. The highest BCUT2D eigenvalue weighted by molar-refractivity contribution is 5.60. The Balaban J connectivity index is 2.13. The maximum atomic E-state index is 11.0. The fourth-order valence-corrected chi connectivity index (χ4v) is 2.19. The van der Waals surface area contributed by atoms with Gasteiger partial charge in [0.2, 0.25) is 5.82 Å². The topological polar surface area (TPSA) is 90.2 Å². The van der Waals surface area contributed by atoms with E-state index in [0.29, 0.717) is 12.5 Å². The highest BCUT2D eigenvalue weighted by atomic mass is 16.6. The fourth-order valence-electron chi connectivity index (χ4n) is 2.19. The largest absolute Gasteiger partial charge is 0.472 e. The summed E-state index contributed by atoms with van der Waals surface area (Å²) in [5.74, 6) is 0.709. The van der Waals surface area contributed by atoms with Gasteiger partial charge in [-0.3, -0.25) is 10.1 Å². The Hall–Kier alpha value is -1.92. The van der Waals surface area contributed by atoms with Crippen molar-refractivity contribution in [2.24, 2.45) is 5.92 Å². The number of hydrogen-bond donors (Lipinski definition) is 1. The van der Waals surface area contributed by atoms with E-state index in [1.54, 1.807) is 7.05 Å². The van der Waals surface area contributed by atoms with E-state index >= 15 is 0 Å². The van der Waals surface area contributed by atoms with Gasteiger partial charge in [-0.25, -0.2) is 4.98 Å². The Morgan fingerprint density at radius 3 is 2.83 bits per heavy atom. The fraction of sp³-hybridized carbons (Fsp3) is 0.636. The molecule has 1 aliphatic rings. The number of nitrogens with zero attached hydrogens (tertiary/aromatic N) is 3. The summed E-state index contributed by atoms with van der Waals surface area (Å²) < 4.78 is 5.49. The molecule has 1 aliphatic carbocycles. The van der Waals surface area contributed by atoms with E-state index in [-0.39, 0.29) is 17.4 Å². The molecule has 98 valence electrons. The number of anilines is 1. The minimum atomic E-state index is -0.518. The number of nitrogens with one attached hydrogen (secondary N) is 1. The first-order chi connectivity index (χ1) is 8.72.